The lowest BCUT2D eigenvalue weighted by atomic mass is 9.73. The van der Waals surface area contributed by atoms with Crippen LogP contribution in [0.25, 0.3) is 0 Å². The number of amides is 4. The van der Waals surface area contributed by atoms with Crippen molar-refractivity contribution in [1.29, 1.82) is 0 Å². The molecule has 4 rings (SSSR count). The summed E-state index contributed by atoms with van der Waals surface area (Å²) in [5.74, 6) is -0.728. The zero-order valence-corrected chi connectivity index (χ0v) is 11.2. The molecule has 0 saturated carbocycles. The number of nitrogens with zero attached hydrogens (tertiary/aromatic N) is 2. The highest BCUT2D eigenvalue weighted by atomic mass is 16.5. The number of ether oxygens (including phenoxy) is 1. The van der Waals surface area contributed by atoms with Crippen LogP contribution in [-0.2, 0) is 20.7 Å². The van der Waals surface area contributed by atoms with Gasteiger partial charge >= 0.3 is 6.03 Å². The Morgan fingerprint density at radius 3 is 2.77 bits per heavy atom. The molecule has 0 aliphatic carbocycles. The average Bonchev–Trinajstić information content (AvgIpc) is 2.52. The molecule has 4 heterocycles. The number of urea groups is 1. The van der Waals surface area contributed by atoms with Gasteiger partial charge in [0.25, 0.3) is 0 Å². The highest BCUT2D eigenvalue weighted by Crippen LogP contribution is 2.45. The molecule has 22 heavy (non-hydrogen) atoms. The van der Waals surface area contributed by atoms with Crippen molar-refractivity contribution < 1.29 is 19.1 Å². The van der Waals surface area contributed by atoms with E-state index < -0.39 is 23.3 Å². The van der Waals surface area contributed by atoms with E-state index in [9.17, 15) is 14.4 Å². The fourth-order valence-corrected chi connectivity index (χ4v) is 2.94. The largest absolute Gasteiger partial charge is 0.469 e. The Morgan fingerprint density at radius 1 is 1.23 bits per heavy atom. The van der Waals surface area contributed by atoms with Crippen molar-refractivity contribution in [3.63, 3.8) is 0 Å². The van der Waals surface area contributed by atoms with Crippen LogP contribution >= 0.6 is 0 Å². The van der Waals surface area contributed by atoms with E-state index in [0.29, 0.717) is 11.5 Å². The van der Waals surface area contributed by atoms with Crippen LogP contribution in [0.2, 0.25) is 0 Å². The standard InChI is InChI=1S/C14H10N4O4/c19-11-14(12(20)17-13(21)16-11)6-8-2-1-3-15-10(8)18-4-5-22-7-9(14)18/h1-5,7H,6H2,(H2,16,17,19,20,21). The third kappa shape index (κ3) is 1.46. The Balaban J connectivity index is 1.94. The number of pyridine rings is 1. The maximum atomic E-state index is 12.5. The van der Waals surface area contributed by atoms with E-state index in [0.717, 1.165) is 5.56 Å². The Labute approximate surface area is 124 Å². The predicted octanol–water partition coefficient (Wildman–Crippen LogP) is 0.139. The fraction of sp³-hybridized carbons (Fsp3) is 0.143. The number of fused-ring (bicyclic) bond motifs is 4. The first kappa shape index (κ1) is 12.6. The van der Waals surface area contributed by atoms with Crippen LogP contribution in [0.1, 0.15) is 5.56 Å². The third-order valence-electron chi connectivity index (χ3n) is 3.95. The molecule has 8 nitrogen and oxygen atoms in total. The van der Waals surface area contributed by atoms with Crippen LogP contribution in [0, 0.1) is 5.41 Å². The molecule has 4 amide bonds. The summed E-state index contributed by atoms with van der Waals surface area (Å²) in [6, 6.07) is 2.70. The second-order valence-electron chi connectivity index (χ2n) is 5.10. The smallest absolute Gasteiger partial charge is 0.328 e. The number of imide groups is 2. The molecule has 1 fully saturated rings. The Morgan fingerprint density at radius 2 is 2.00 bits per heavy atom. The molecule has 110 valence electrons. The second-order valence-corrected chi connectivity index (χ2v) is 5.10. The quantitative estimate of drug-likeness (QED) is 0.661. The number of barbiturate groups is 1. The number of carbonyl (C=O) groups excluding carboxylic acids is 3. The molecule has 1 aromatic rings. The monoisotopic (exact) mass is 298 g/mol. The summed E-state index contributed by atoms with van der Waals surface area (Å²) in [4.78, 5) is 42.3. The molecule has 0 bridgehead atoms. The first-order valence-corrected chi connectivity index (χ1v) is 6.56. The van der Waals surface area contributed by atoms with Crippen molar-refractivity contribution in [3.8, 4) is 0 Å². The van der Waals surface area contributed by atoms with Crippen molar-refractivity contribution in [1.82, 2.24) is 15.6 Å². The molecule has 1 spiro atoms. The number of aromatic nitrogens is 1. The van der Waals surface area contributed by atoms with Crippen LogP contribution in [0.15, 0.2) is 42.8 Å². The van der Waals surface area contributed by atoms with Gasteiger partial charge in [0.2, 0.25) is 11.8 Å². The van der Waals surface area contributed by atoms with Crippen LogP contribution in [0.4, 0.5) is 10.6 Å². The van der Waals surface area contributed by atoms with Crippen molar-refractivity contribution in [2.45, 2.75) is 6.42 Å². The molecule has 0 atom stereocenters. The van der Waals surface area contributed by atoms with E-state index in [1.807, 2.05) is 0 Å². The number of rotatable bonds is 0. The number of hydrogen-bond acceptors (Lipinski definition) is 6. The zero-order valence-electron chi connectivity index (χ0n) is 11.2. The Bertz CT molecular complexity index is 763. The highest BCUT2D eigenvalue weighted by Gasteiger charge is 2.58. The minimum Gasteiger partial charge on any atom is -0.469 e. The van der Waals surface area contributed by atoms with Gasteiger partial charge in [0, 0.05) is 18.8 Å². The molecule has 2 N–H and O–H groups in total. The van der Waals surface area contributed by atoms with E-state index in [2.05, 4.69) is 15.6 Å². The van der Waals surface area contributed by atoms with Crippen molar-refractivity contribution in [2.75, 3.05) is 4.90 Å². The molecule has 1 aromatic heterocycles. The molecule has 0 radical (unpaired) electrons. The SMILES string of the molecule is O=C1NC(=O)C2(Cc3cccnc3N3C=COC=C32)C(=O)N1. The van der Waals surface area contributed by atoms with Crippen LogP contribution in [0.5, 0.6) is 0 Å². The zero-order chi connectivity index (χ0) is 15.3. The highest BCUT2D eigenvalue weighted by molar-refractivity contribution is 6.22. The van der Waals surface area contributed by atoms with Crippen molar-refractivity contribution in [3.05, 3.63) is 48.3 Å². The molecule has 3 aliphatic rings. The lowest BCUT2D eigenvalue weighted by molar-refractivity contribution is -0.142. The maximum absolute atomic E-state index is 12.5. The summed E-state index contributed by atoms with van der Waals surface area (Å²) >= 11 is 0. The van der Waals surface area contributed by atoms with Crippen molar-refractivity contribution in [2.24, 2.45) is 5.41 Å². The minimum absolute atomic E-state index is 0.0979. The minimum atomic E-state index is -1.56. The molecular weight excluding hydrogens is 288 g/mol. The normalized spacial score (nSPS) is 21.4. The molecule has 8 heteroatoms. The van der Waals surface area contributed by atoms with E-state index in [-0.39, 0.29) is 6.42 Å². The van der Waals surface area contributed by atoms with Gasteiger partial charge in [-0.2, -0.15) is 0 Å². The lowest BCUT2D eigenvalue weighted by Gasteiger charge is -2.44. The van der Waals surface area contributed by atoms with Crippen LogP contribution in [0.3, 0.4) is 0 Å². The van der Waals surface area contributed by atoms with Crippen LogP contribution < -0.4 is 15.5 Å². The van der Waals surface area contributed by atoms with E-state index in [4.69, 9.17) is 4.74 Å². The second kappa shape index (κ2) is 4.17. The summed E-state index contributed by atoms with van der Waals surface area (Å²) in [5.41, 5.74) is -0.510. The summed E-state index contributed by atoms with van der Waals surface area (Å²) in [6.07, 6.45) is 6.05. The van der Waals surface area contributed by atoms with Crippen molar-refractivity contribution >= 4 is 23.7 Å². The summed E-state index contributed by atoms with van der Waals surface area (Å²) < 4.78 is 5.15. The van der Waals surface area contributed by atoms with Gasteiger partial charge in [0.05, 0.1) is 5.70 Å². The van der Waals surface area contributed by atoms with Crippen LogP contribution in [-0.4, -0.2) is 22.8 Å². The molecule has 0 aromatic carbocycles. The van der Waals surface area contributed by atoms with E-state index in [1.54, 1.807) is 29.4 Å². The molecule has 1 saturated heterocycles. The number of hydrogen-bond donors (Lipinski definition) is 2. The van der Waals surface area contributed by atoms with Gasteiger partial charge in [0.1, 0.15) is 18.3 Å². The van der Waals surface area contributed by atoms with Gasteiger partial charge in [-0.25, -0.2) is 9.78 Å². The number of anilines is 1. The first-order valence-electron chi connectivity index (χ1n) is 6.56. The van der Waals surface area contributed by atoms with Gasteiger partial charge < -0.3 is 4.74 Å². The number of nitrogens with one attached hydrogen (secondary N) is 2. The molecule has 3 aliphatic heterocycles. The van der Waals surface area contributed by atoms with Gasteiger partial charge in [0.15, 0.2) is 5.41 Å². The fourth-order valence-electron chi connectivity index (χ4n) is 2.94. The Hall–Kier alpha value is -3.16. The van der Waals surface area contributed by atoms with Gasteiger partial charge in [-0.05, 0) is 11.6 Å². The topological polar surface area (TPSA) is 101 Å². The third-order valence-corrected chi connectivity index (χ3v) is 3.95. The molecular formula is C14H10N4O4. The van der Waals surface area contributed by atoms with E-state index in [1.165, 1.54) is 12.5 Å². The lowest BCUT2D eigenvalue weighted by Crippen LogP contribution is -2.66. The van der Waals surface area contributed by atoms with Gasteiger partial charge in [-0.1, -0.05) is 6.07 Å². The summed E-state index contributed by atoms with van der Waals surface area (Å²) in [6.45, 7) is 0. The van der Waals surface area contributed by atoms with E-state index >= 15 is 0 Å². The number of carbonyl (C=O) groups is 3. The first-order chi connectivity index (χ1) is 10.6. The van der Waals surface area contributed by atoms with Gasteiger partial charge in [-0.3, -0.25) is 25.1 Å². The Kier molecular flexibility index (Phi) is 2.38. The molecule has 0 unspecified atom stereocenters. The maximum Gasteiger partial charge on any atom is 0.328 e. The summed E-state index contributed by atoms with van der Waals surface area (Å²) in [7, 11) is 0. The van der Waals surface area contributed by atoms with Gasteiger partial charge in [-0.15, -0.1) is 0 Å². The average molecular weight is 298 g/mol. The predicted molar refractivity (Wildman–Crippen MR) is 72.8 cm³/mol. The summed E-state index contributed by atoms with van der Waals surface area (Å²) in [5, 5.41) is 4.31.